The summed E-state index contributed by atoms with van der Waals surface area (Å²) in [6.45, 7) is 1.44. The molecular formula is C10H9BrN2O. The molecule has 0 atom stereocenters. The summed E-state index contributed by atoms with van der Waals surface area (Å²) in [6.07, 6.45) is 0. The fraction of sp³-hybridized carbons (Fsp3) is 0.300. The molecule has 1 N–H and O–H groups in total. The van der Waals surface area contributed by atoms with E-state index >= 15 is 0 Å². The van der Waals surface area contributed by atoms with Crippen molar-refractivity contribution >= 4 is 21.6 Å². The van der Waals surface area contributed by atoms with Gasteiger partial charge in [-0.3, -0.25) is 0 Å². The highest BCUT2D eigenvalue weighted by atomic mass is 79.9. The molecule has 0 amide bonds. The van der Waals surface area contributed by atoms with E-state index in [-0.39, 0.29) is 0 Å². The number of benzene rings is 1. The van der Waals surface area contributed by atoms with Crippen LogP contribution in [0.15, 0.2) is 22.7 Å². The summed E-state index contributed by atoms with van der Waals surface area (Å²) >= 11 is 3.37. The molecule has 1 aliphatic heterocycles. The van der Waals surface area contributed by atoms with E-state index in [1.165, 1.54) is 0 Å². The van der Waals surface area contributed by atoms with Crippen LogP contribution < -0.4 is 5.32 Å². The maximum absolute atomic E-state index is 8.88. The van der Waals surface area contributed by atoms with Crippen molar-refractivity contribution in [2.45, 2.75) is 6.04 Å². The van der Waals surface area contributed by atoms with Crippen LogP contribution in [0.4, 0.5) is 5.69 Å². The van der Waals surface area contributed by atoms with Gasteiger partial charge in [0.25, 0.3) is 0 Å². The first-order chi connectivity index (χ1) is 6.79. The number of halogens is 1. The van der Waals surface area contributed by atoms with Crippen LogP contribution in [-0.4, -0.2) is 19.3 Å². The van der Waals surface area contributed by atoms with Crippen LogP contribution in [0.5, 0.6) is 0 Å². The van der Waals surface area contributed by atoms with E-state index in [4.69, 9.17) is 10.00 Å². The second-order valence-electron chi connectivity index (χ2n) is 3.18. The maximum Gasteiger partial charge on any atom is 0.101 e. The monoisotopic (exact) mass is 252 g/mol. The standard InChI is InChI=1S/C10H9BrN2O/c11-8-2-1-7(4-12)10(3-8)13-9-5-14-6-9/h1-3,9,13H,5-6H2. The first-order valence-corrected chi connectivity index (χ1v) is 5.13. The highest BCUT2D eigenvalue weighted by Gasteiger charge is 2.18. The van der Waals surface area contributed by atoms with Gasteiger partial charge in [-0.05, 0) is 18.2 Å². The van der Waals surface area contributed by atoms with E-state index in [9.17, 15) is 0 Å². The van der Waals surface area contributed by atoms with Crippen molar-refractivity contribution in [1.29, 1.82) is 5.26 Å². The lowest BCUT2D eigenvalue weighted by Crippen LogP contribution is -2.40. The molecule has 1 saturated heterocycles. The Morgan fingerprint density at radius 1 is 1.50 bits per heavy atom. The molecule has 0 aromatic heterocycles. The van der Waals surface area contributed by atoms with E-state index in [0.717, 1.165) is 23.4 Å². The molecule has 0 saturated carbocycles. The number of hydrogen-bond donors (Lipinski definition) is 1. The van der Waals surface area contributed by atoms with E-state index in [0.29, 0.717) is 11.6 Å². The zero-order valence-corrected chi connectivity index (χ0v) is 9.04. The molecular weight excluding hydrogens is 244 g/mol. The lowest BCUT2D eigenvalue weighted by atomic mass is 10.1. The zero-order valence-electron chi connectivity index (χ0n) is 7.46. The van der Waals surface area contributed by atoms with Gasteiger partial charge in [-0.15, -0.1) is 0 Å². The number of ether oxygens (including phenoxy) is 1. The van der Waals surface area contributed by atoms with Crippen molar-refractivity contribution in [3.05, 3.63) is 28.2 Å². The molecule has 0 aliphatic carbocycles. The Morgan fingerprint density at radius 2 is 2.29 bits per heavy atom. The smallest absolute Gasteiger partial charge is 0.101 e. The molecule has 3 nitrogen and oxygen atoms in total. The second-order valence-corrected chi connectivity index (χ2v) is 4.10. The Bertz CT molecular complexity index is 382. The lowest BCUT2D eigenvalue weighted by Gasteiger charge is -2.28. The molecule has 0 spiro atoms. The van der Waals surface area contributed by atoms with Gasteiger partial charge in [0.05, 0.1) is 30.5 Å². The number of hydrogen-bond acceptors (Lipinski definition) is 3. The van der Waals surface area contributed by atoms with Crippen LogP contribution in [0.2, 0.25) is 0 Å². The van der Waals surface area contributed by atoms with Gasteiger partial charge in [0.15, 0.2) is 0 Å². The van der Waals surface area contributed by atoms with Crippen LogP contribution in [0.3, 0.4) is 0 Å². The Hall–Kier alpha value is -1.05. The fourth-order valence-electron chi connectivity index (χ4n) is 1.27. The SMILES string of the molecule is N#Cc1ccc(Br)cc1NC1COC1. The minimum Gasteiger partial charge on any atom is -0.377 e. The zero-order chi connectivity index (χ0) is 9.97. The molecule has 0 bridgehead atoms. The van der Waals surface area contributed by atoms with Crippen molar-refractivity contribution in [2.24, 2.45) is 0 Å². The fourth-order valence-corrected chi connectivity index (χ4v) is 1.63. The van der Waals surface area contributed by atoms with E-state index in [1.807, 2.05) is 12.1 Å². The molecule has 1 aromatic rings. The minimum atomic E-state index is 0.344. The molecule has 0 unspecified atom stereocenters. The maximum atomic E-state index is 8.88. The first-order valence-electron chi connectivity index (χ1n) is 4.33. The molecule has 0 radical (unpaired) electrons. The Morgan fingerprint density at radius 3 is 2.86 bits per heavy atom. The predicted molar refractivity (Wildman–Crippen MR) is 57.1 cm³/mol. The second kappa shape index (κ2) is 3.99. The van der Waals surface area contributed by atoms with Crippen molar-refractivity contribution in [3.63, 3.8) is 0 Å². The number of anilines is 1. The summed E-state index contributed by atoms with van der Waals surface area (Å²) in [6, 6.07) is 8.07. The summed E-state index contributed by atoms with van der Waals surface area (Å²) in [5, 5.41) is 12.1. The Balaban J connectivity index is 2.21. The molecule has 1 fully saturated rings. The van der Waals surface area contributed by atoms with Crippen molar-refractivity contribution in [1.82, 2.24) is 0 Å². The van der Waals surface area contributed by atoms with Crippen LogP contribution in [-0.2, 0) is 4.74 Å². The average molecular weight is 253 g/mol. The third-order valence-electron chi connectivity index (χ3n) is 2.10. The highest BCUT2D eigenvalue weighted by molar-refractivity contribution is 9.10. The molecule has 2 rings (SSSR count). The summed E-state index contributed by atoms with van der Waals surface area (Å²) in [5.74, 6) is 0. The normalized spacial score (nSPS) is 15.7. The van der Waals surface area contributed by atoms with Crippen LogP contribution in [0.25, 0.3) is 0 Å². The molecule has 14 heavy (non-hydrogen) atoms. The van der Waals surface area contributed by atoms with Crippen LogP contribution >= 0.6 is 15.9 Å². The van der Waals surface area contributed by atoms with E-state index in [1.54, 1.807) is 6.07 Å². The predicted octanol–water partition coefficient (Wildman–Crippen LogP) is 2.13. The van der Waals surface area contributed by atoms with E-state index < -0.39 is 0 Å². The highest BCUT2D eigenvalue weighted by Crippen LogP contribution is 2.22. The van der Waals surface area contributed by atoms with Gasteiger partial charge in [-0.25, -0.2) is 0 Å². The van der Waals surface area contributed by atoms with Gasteiger partial charge < -0.3 is 10.1 Å². The van der Waals surface area contributed by atoms with Crippen LogP contribution in [0.1, 0.15) is 5.56 Å². The summed E-state index contributed by atoms with van der Waals surface area (Å²) in [7, 11) is 0. The molecule has 1 heterocycles. The quantitative estimate of drug-likeness (QED) is 0.878. The van der Waals surface area contributed by atoms with Gasteiger partial charge in [0, 0.05) is 4.47 Å². The van der Waals surface area contributed by atoms with Crippen molar-refractivity contribution < 1.29 is 4.74 Å². The van der Waals surface area contributed by atoms with Crippen LogP contribution in [0, 0.1) is 11.3 Å². The third kappa shape index (κ3) is 1.89. The van der Waals surface area contributed by atoms with Gasteiger partial charge >= 0.3 is 0 Å². The molecule has 72 valence electrons. The minimum absolute atomic E-state index is 0.344. The van der Waals surface area contributed by atoms with Crippen molar-refractivity contribution in [3.8, 4) is 6.07 Å². The first kappa shape index (κ1) is 9.50. The summed E-state index contributed by atoms with van der Waals surface area (Å²) in [4.78, 5) is 0. The summed E-state index contributed by atoms with van der Waals surface area (Å²) in [5.41, 5.74) is 1.54. The summed E-state index contributed by atoms with van der Waals surface area (Å²) < 4.78 is 6.03. The average Bonchev–Trinajstić information content (AvgIpc) is 2.12. The van der Waals surface area contributed by atoms with Crippen molar-refractivity contribution in [2.75, 3.05) is 18.5 Å². The molecule has 1 aliphatic rings. The number of nitrogens with one attached hydrogen (secondary N) is 1. The number of rotatable bonds is 2. The molecule has 4 heteroatoms. The third-order valence-corrected chi connectivity index (χ3v) is 2.59. The number of nitriles is 1. The number of nitrogens with zero attached hydrogens (tertiary/aromatic N) is 1. The lowest BCUT2D eigenvalue weighted by molar-refractivity contribution is 0.0211. The Kier molecular flexibility index (Phi) is 2.71. The van der Waals surface area contributed by atoms with Gasteiger partial charge in [0.1, 0.15) is 6.07 Å². The largest absolute Gasteiger partial charge is 0.377 e. The van der Waals surface area contributed by atoms with Gasteiger partial charge in [0.2, 0.25) is 0 Å². The van der Waals surface area contributed by atoms with E-state index in [2.05, 4.69) is 27.3 Å². The Labute approximate surface area is 90.8 Å². The van der Waals surface area contributed by atoms with Gasteiger partial charge in [-0.1, -0.05) is 15.9 Å². The topological polar surface area (TPSA) is 45.0 Å². The molecule has 1 aromatic carbocycles. The van der Waals surface area contributed by atoms with Gasteiger partial charge in [-0.2, -0.15) is 5.26 Å².